The zero-order chi connectivity index (χ0) is 14.8. The molecule has 2 aliphatic rings. The molecule has 5 heteroatoms. The second kappa shape index (κ2) is 6.26. The van der Waals surface area contributed by atoms with Crippen molar-refractivity contribution < 1.29 is 9.15 Å². The van der Waals surface area contributed by atoms with E-state index in [4.69, 9.17) is 9.15 Å². The zero-order valence-electron chi connectivity index (χ0n) is 12.9. The summed E-state index contributed by atoms with van der Waals surface area (Å²) in [5.74, 6) is 1.32. The van der Waals surface area contributed by atoms with Crippen molar-refractivity contribution in [2.24, 2.45) is 11.8 Å². The Hall–Kier alpha value is -1.59. The van der Waals surface area contributed by atoms with E-state index in [0.717, 1.165) is 45.3 Å². The molecule has 0 bridgehead atoms. The first-order valence-corrected chi connectivity index (χ1v) is 8.18. The van der Waals surface area contributed by atoms with Gasteiger partial charge < -0.3 is 9.15 Å². The topological polar surface area (TPSA) is 43.4 Å². The number of furan rings is 1. The Balaban J connectivity index is 1.42. The van der Waals surface area contributed by atoms with Crippen LogP contribution < -0.4 is 0 Å². The fraction of sp³-hybridized carbons (Fsp3) is 0.588. The number of hydrogen-bond acceptors (Lipinski definition) is 4. The molecule has 4 rings (SSSR count). The van der Waals surface area contributed by atoms with E-state index in [-0.39, 0.29) is 0 Å². The van der Waals surface area contributed by atoms with E-state index < -0.39 is 0 Å². The lowest BCUT2D eigenvalue weighted by Crippen LogP contribution is -2.30. The number of ether oxygens (including phenoxy) is 1. The molecule has 22 heavy (non-hydrogen) atoms. The zero-order valence-corrected chi connectivity index (χ0v) is 12.9. The summed E-state index contributed by atoms with van der Waals surface area (Å²) in [6.45, 7) is 5.61. The van der Waals surface area contributed by atoms with E-state index in [1.807, 2.05) is 18.5 Å². The van der Waals surface area contributed by atoms with E-state index in [9.17, 15) is 0 Å². The Kier molecular flexibility index (Phi) is 3.99. The van der Waals surface area contributed by atoms with Gasteiger partial charge in [0, 0.05) is 50.5 Å². The Morgan fingerprint density at radius 1 is 1.18 bits per heavy atom. The van der Waals surface area contributed by atoms with Gasteiger partial charge in [0.15, 0.2) is 0 Å². The lowest BCUT2D eigenvalue weighted by Gasteiger charge is -2.23. The molecule has 0 spiro atoms. The number of fused-ring (bicyclic) bond motifs is 1. The molecule has 1 saturated carbocycles. The third-order valence-electron chi connectivity index (χ3n) is 4.53. The predicted octanol–water partition coefficient (Wildman–Crippen LogP) is 2.53. The van der Waals surface area contributed by atoms with Crippen LogP contribution >= 0.6 is 0 Å². The average molecular weight is 301 g/mol. The smallest absolute Gasteiger partial charge is 0.0947 e. The van der Waals surface area contributed by atoms with Gasteiger partial charge in [0.05, 0.1) is 24.8 Å². The fourth-order valence-electron chi connectivity index (χ4n) is 3.17. The monoisotopic (exact) mass is 301 g/mol. The van der Waals surface area contributed by atoms with Gasteiger partial charge in [-0.3, -0.25) is 9.58 Å². The standard InChI is InChI=1S/C17H23N3O2/c1-2-14(1)11-22-13-16-8-19(7-15-4-6-21-12-15)10-17-3-5-18-20(17)9-16/h3-6,12,14,16H,1-2,7-11,13H2/t16-/m1/s1. The van der Waals surface area contributed by atoms with Crippen LogP contribution in [-0.4, -0.2) is 34.4 Å². The first-order chi connectivity index (χ1) is 10.9. The van der Waals surface area contributed by atoms with Crippen LogP contribution in [0.4, 0.5) is 0 Å². The second-order valence-electron chi connectivity index (χ2n) is 6.65. The molecule has 0 radical (unpaired) electrons. The molecule has 1 aliphatic heterocycles. The Morgan fingerprint density at radius 2 is 2.09 bits per heavy atom. The van der Waals surface area contributed by atoms with Gasteiger partial charge >= 0.3 is 0 Å². The summed E-state index contributed by atoms with van der Waals surface area (Å²) in [6.07, 6.45) is 8.17. The lowest BCUT2D eigenvalue weighted by molar-refractivity contribution is 0.0696. The Bertz CT molecular complexity index is 589. The minimum atomic E-state index is 0.492. The molecule has 0 aromatic carbocycles. The molecule has 2 aromatic rings. The first-order valence-electron chi connectivity index (χ1n) is 8.18. The van der Waals surface area contributed by atoms with E-state index in [1.54, 1.807) is 6.26 Å². The molecular weight excluding hydrogens is 278 g/mol. The van der Waals surface area contributed by atoms with Crippen molar-refractivity contribution in [3.8, 4) is 0 Å². The minimum Gasteiger partial charge on any atom is -0.472 e. The van der Waals surface area contributed by atoms with Crippen LogP contribution in [0.1, 0.15) is 24.1 Å². The summed E-state index contributed by atoms with van der Waals surface area (Å²) < 4.78 is 13.3. The lowest BCUT2D eigenvalue weighted by atomic mass is 10.1. The molecular formula is C17H23N3O2. The normalized spacial score (nSPS) is 22.5. The SMILES string of the molecule is c1cc2n(n1)C[C@H](COCC1CC1)CN(Cc1ccoc1)C2. The van der Waals surface area contributed by atoms with Gasteiger partial charge in [0.25, 0.3) is 0 Å². The summed E-state index contributed by atoms with van der Waals surface area (Å²) in [5, 5.41) is 4.47. The van der Waals surface area contributed by atoms with Crippen LogP contribution in [0.25, 0.3) is 0 Å². The summed E-state index contributed by atoms with van der Waals surface area (Å²) in [5.41, 5.74) is 2.51. The minimum absolute atomic E-state index is 0.492. The second-order valence-corrected chi connectivity index (χ2v) is 6.65. The highest BCUT2D eigenvalue weighted by Gasteiger charge is 2.25. The molecule has 1 atom stereocenters. The van der Waals surface area contributed by atoms with E-state index in [0.29, 0.717) is 5.92 Å². The van der Waals surface area contributed by atoms with Gasteiger partial charge in [-0.15, -0.1) is 0 Å². The van der Waals surface area contributed by atoms with Crippen LogP contribution in [0.5, 0.6) is 0 Å². The van der Waals surface area contributed by atoms with Gasteiger partial charge in [-0.25, -0.2) is 0 Å². The molecule has 0 N–H and O–H groups in total. The van der Waals surface area contributed by atoms with Crippen LogP contribution in [0.3, 0.4) is 0 Å². The summed E-state index contributed by atoms with van der Waals surface area (Å²) in [6, 6.07) is 4.16. The van der Waals surface area contributed by atoms with Crippen LogP contribution in [0, 0.1) is 11.8 Å². The third kappa shape index (κ3) is 3.42. The van der Waals surface area contributed by atoms with Gasteiger partial charge in [0.1, 0.15) is 0 Å². The Morgan fingerprint density at radius 3 is 2.91 bits per heavy atom. The van der Waals surface area contributed by atoms with Crippen LogP contribution in [-0.2, 0) is 24.4 Å². The number of hydrogen-bond donors (Lipinski definition) is 0. The molecule has 0 unspecified atom stereocenters. The highest BCUT2D eigenvalue weighted by atomic mass is 16.5. The number of nitrogens with zero attached hydrogens (tertiary/aromatic N) is 3. The molecule has 5 nitrogen and oxygen atoms in total. The molecule has 2 aromatic heterocycles. The highest BCUT2D eigenvalue weighted by Crippen LogP contribution is 2.29. The summed E-state index contributed by atoms with van der Waals surface area (Å²) in [4.78, 5) is 2.47. The van der Waals surface area contributed by atoms with Crippen molar-refractivity contribution in [1.82, 2.24) is 14.7 Å². The maximum Gasteiger partial charge on any atom is 0.0947 e. The number of rotatable bonds is 6. The third-order valence-corrected chi connectivity index (χ3v) is 4.53. The van der Waals surface area contributed by atoms with Crippen molar-refractivity contribution in [2.75, 3.05) is 19.8 Å². The van der Waals surface area contributed by atoms with Crippen molar-refractivity contribution in [2.45, 2.75) is 32.5 Å². The molecule has 1 aliphatic carbocycles. The van der Waals surface area contributed by atoms with E-state index in [2.05, 4.69) is 20.7 Å². The molecule has 3 heterocycles. The van der Waals surface area contributed by atoms with Crippen molar-refractivity contribution in [3.05, 3.63) is 42.1 Å². The van der Waals surface area contributed by atoms with E-state index >= 15 is 0 Å². The van der Waals surface area contributed by atoms with Gasteiger partial charge in [-0.1, -0.05) is 0 Å². The fourth-order valence-corrected chi connectivity index (χ4v) is 3.17. The molecule has 0 amide bonds. The Labute approximate surface area is 130 Å². The predicted molar refractivity (Wildman–Crippen MR) is 82.1 cm³/mol. The largest absolute Gasteiger partial charge is 0.472 e. The van der Waals surface area contributed by atoms with Crippen molar-refractivity contribution in [1.29, 1.82) is 0 Å². The summed E-state index contributed by atoms with van der Waals surface area (Å²) in [7, 11) is 0. The van der Waals surface area contributed by atoms with E-state index in [1.165, 1.54) is 24.1 Å². The molecule has 118 valence electrons. The quantitative estimate of drug-likeness (QED) is 0.822. The van der Waals surface area contributed by atoms with Gasteiger partial charge in [0.2, 0.25) is 0 Å². The van der Waals surface area contributed by atoms with Crippen LogP contribution in [0.15, 0.2) is 35.3 Å². The molecule has 1 fully saturated rings. The van der Waals surface area contributed by atoms with Gasteiger partial charge in [-0.05, 0) is 30.9 Å². The van der Waals surface area contributed by atoms with Crippen molar-refractivity contribution >= 4 is 0 Å². The maximum absolute atomic E-state index is 5.94. The number of aromatic nitrogens is 2. The average Bonchev–Trinajstić information content (AvgIpc) is 3.06. The van der Waals surface area contributed by atoms with Gasteiger partial charge in [-0.2, -0.15) is 5.10 Å². The maximum atomic E-state index is 5.94. The summed E-state index contributed by atoms with van der Waals surface area (Å²) >= 11 is 0. The molecule has 0 saturated heterocycles. The van der Waals surface area contributed by atoms with Crippen molar-refractivity contribution in [3.63, 3.8) is 0 Å². The van der Waals surface area contributed by atoms with Crippen LogP contribution in [0.2, 0.25) is 0 Å². The highest BCUT2D eigenvalue weighted by molar-refractivity contribution is 5.07. The first kappa shape index (κ1) is 14.0.